The second-order valence-corrected chi connectivity index (χ2v) is 9.35. The Hall–Kier alpha value is -4.74. The summed E-state index contributed by atoms with van der Waals surface area (Å²) in [6.07, 6.45) is -4.43. The number of nitrogen functional groups attached to an aromatic ring is 1. The molecule has 0 saturated carbocycles. The molecule has 1 fully saturated rings. The van der Waals surface area contributed by atoms with Crippen LogP contribution < -0.4 is 15.5 Å². The molecule has 204 valence electrons. The molecule has 0 atom stereocenters. The fourth-order valence-electron chi connectivity index (χ4n) is 4.84. The van der Waals surface area contributed by atoms with Crippen LogP contribution in [0, 0.1) is 11.6 Å². The number of nitrogens with zero attached hydrogens (tertiary/aromatic N) is 6. The molecule has 2 N–H and O–H groups in total. The molecule has 0 bridgehead atoms. The van der Waals surface area contributed by atoms with Crippen molar-refractivity contribution in [3.05, 3.63) is 90.0 Å². The molecule has 12 heteroatoms. The summed E-state index contributed by atoms with van der Waals surface area (Å²) in [4.78, 5) is 13.0. The fourth-order valence-corrected chi connectivity index (χ4v) is 4.84. The van der Waals surface area contributed by atoms with E-state index in [0.717, 1.165) is 12.1 Å². The van der Waals surface area contributed by atoms with E-state index in [1.807, 2.05) is 9.80 Å². The van der Waals surface area contributed by atoms with Crippen molar-refractivity contribution in [2.75, 3.05) is 41.7 Å². The summed E-state index contributed by atoms with van der Waals surface area (Å²) in [5.41, 5.74) is 7.20. The fraction of sp³-hybridized carbons (Fsp3) is 0.179. The lowest BCUT2D eigenvalue weighted by atomic mass is 10.1. The molecule has 0 aliphatic carbocycles. The van der Waals surface area contributed by atoms with E-state index in [1.54, 1.807) is 30.3 Å². The molecule has 5 aromatic rings. The number of alkyl halides is 3. The smallest absolute Gasteiger partial charge is 0.383 e. The molecular weight excluding hydrogens is 529 g/mol. The number of piperazine rings is 1. The van der Waals surface area contributed by atoms with Crippen LogP contribution in [0.2, 0.25) is 0 Å². The standard InChI is InChI=1S/C28H22F5N7/c29-18-6-4-8-20(16-18)40-25(34)23-24(21-9-1-2-10-22(21)30)35-27(36-26(23)37-40)39-13-11-38(12-14-39)19-7-3-5-17(15-19)28(31,32)33/h1-10,15-16H,11-14,34H2. The van der Waals surface area contributed by atoms with Crippen LogP contribution >= 0.6 is 0 Å². The van der Waals surface area contributed by atoms with Gasteiger partial charge in [0, 0.05) is 37.4 Å². The molecule has 0 radical (unpaired) electrons. The molecule has 7 nitrogen and oxygen atoms in total. The van der Waals surface area contributed by atoms with Gasteiger partial charge in [-0.05, 0) is 48.5 Å². The van der Waals surface area contributed by atoms with Crippen LogP contribution in [0.5, 0.6) is 0 Å². The quantitative estimate of drug-likeness (QED) is 0.290. The third-order valence-electron chi connectivity index (χ3n) is 6.84. The highest BCUT2D eigenvalue weighted by molar-refractivity contribution is 5.99. The van der Waals surface area contributed by atoms with E-state index in [-0.39, 0.29) is 28.7 Å². The van der Waals surface area contributed by atoms with Gasteiger partial charge in [0.2, 0.25) is 5.95 Å². The zero-order chi connectivity index (χ0) is 28.0. The summed E-state index contributed by atoms with van der Waals surface area (Å²) in [5.74, 6) is -0.588. The van der Waals surface area contributed by atoms with Gasteiger partial charge in [0.05, 0.1) is 22.3 Å². The van der Waals surface area contributed by atoms with Gasteiger partial charge in [-0.3, -0.25) is 0 Å². The Labute approximate surface area is 225 Å². The third-order valence-corrected chi connectivity index (χ3v) is 6.84. The minimum absolute atomic E-state index is 0.125. The van der Waals surface area contributed by atoms with Crippen LogP contribution in [0.4, 0.5) is 39.4 Å². The highest BCUT2D eigenvalue weighted by Crippen LogP contribution is 2.35. The van der Waals surface area contributed by atoms with Crippen LogP contribution in [0.1, 0.15) is 5.56 Å². The molecule has 0 amide bonds. The maximum atomic E-state index is 15.0. The molecule has 3 heterocycles. The predicted octanol–water partition coefficient (Wildman–Crippen LogP) is 5.69. The van der Waals surface area contributed by atoms with Crippen molar-refractivity contribution in [2.24, 2.45) is 0 Å². The van der Waals surface area contributed by atoms with Crippen molar-refractivity contribution in [3.63, 3.8) is 0 Å². The highest BCUT2D eigenvalue weighted by atomic mass is 19.4. The van der Waals surface area contributed by atoms with Crippen LogP contribution in [-0.4, -0.2) is 45.9 Å². The van der Waals surface area contributed by atoms with Crippen molar-refractivity contribution in [1.29, 1.82) is 0 Å². The molecular formula is C28H22F5N7. The molecule has 3 aromatic carbocycles. The average molecular weight is 552 g/mol. The van der Waals surface area contributed by atoms with E-state index in [0.29, 0.717) is 42.9 Å². The molecule has 1 aliphatic rings. The lowest BCUT2D eigenvalue weighted by Gasteiger charge is -2.36. The molecule has 40 heavy (non-hydrogen) atoms. The van der Waals surface area contributed by atoms with Gasteiger partial charge in [-0.15, -0.1) is 5.10 Å². The van der Waals surface area contributed by atoms with E-state index < -0.39 is 23.4 Å². The number of aromatic nitrogens is 4. The van der Waals surface area contributed by atoms with Crippen molar-refractivity contribution in [1.82, 2.24) is 19.7 Å². The normalized spacial score (nSPS) is 14.2. The second-order valence-electron chi connectivity index (χ2n) is 9.35. The van der Waals surface area contributed by atoms with Gasteiger partial charge in [0.25, 0.3) is 0 Å². The van der Waals surface area contributed by atoms with Crippen LogP contribution in [0.3, 0.4) is 0 Å². The Morgan fingerprint density at radius 2 is 1.45 bits per heavy atom. The Balaban J connectivity index is 1.38. The van der Waals surface area contributed by atoms with Gasteiger partial charge < -0.3 is 15.5 Å². The minimum Gasteiger partial charge on any atom is -0.383 e. The van der Waals surface area contributed by atoms with Crippen LogP contribution in [0.15, 0.2) is 72.8 Å². The van der Waals surface area contributed by atoms with Crippen molar-refractivity contribution >= 4 is 28.5 Å². The number of anilines is 3. The minimum atomic E-state index is -4.43. The molecule has 2 aromatic heterocycles. The summed E-state index contributed by atoms with van der Waals surface area (Å²) < 4.78 is 69.9. The SMILES string of the molecule is Nc1c2c(-c3ccccc3F)nc(N3CCN(c4cccc(C(F)(F)F)c4)CC3)nc2nn1-c1cccc(F)c1. The second kappa shape index (κ2) is 9.78. The highest BCUT2D eigenvalue weighted by Gasteiger charge is 2.31. The molecule has 0 unspecified atom stereocenters. The van der Waals surface area contributed by atoms with Gasteiger partial charge in [-0.25, -0.2) is 18.4 Å². The maximum Gasteiger partial charge on any atom is 0.416 e. The van der Waals surface area contributed by atoms with Gasteiger partial charge in [-0.1, -0.05) is 24.3 Å². The lowest BCUT2D eigenvalue weighted by Crippen LogP contribution is -2.47. The first-order chi connectivity index (χ1) is 19.2. The Bertz CT molecular complexity index is 1710. The summed E-state index contributed by atoms with van der Waals surface area (Å²) >= 11 is 0. The largest absolute Gasteiger partial charge is 0.416 e. The van der Waals surface area contributed by atoms with E-state index in [9.17, 15) is 22.0 Å². The number of rotatable bonds is 4. The summed E-state index contributed by atoms with van der Waals surface area (Å²) in [5, 5.41) is 4.82. The Morgan fingerprint density at radius 1 is 0.750 bits per heavy atom. The van der Waals surface area contributed by atoms with Gasteiger partial charge in [0.15, 0.2) is 5.65 Å². The number of hydrogen-bond donors (Lipinski definition) is 1. The first kappa shape index (κ1) is 25.5. The van der Waals surface area contributed by atoms with Crippen LogP contribution in [-0.2, 0) is 6.18 Å². The first-order valence-corrected chi connectivity index (χ1v) is 12.4. The van der Waals surface area contributed by atoms with E-state index in [1.165, 1.54) is 35.0 Å². The average Bonchev–Trinajstić information content (AvgIpc) is 3.29. The lowest BCUT2D eigenvalue weighted by molar-refractivity contribution is -0.137. The van der Waals surface area contributed by atoms with E-state index in [2.05, 4.69) is 15.1 Å². The maximum absolute atomic E-state index is 15.0. The van der Waals surface area contributed by atoms with Crippen LogP contribution in [0.25, 0.3) is 28.0 Å². The summed E-state index contributed by atoms with van der Waals surface area (Å²) in [6, 6.07) is 17.1. The zero-order valence-electron chi connectivity index (χ0n) is 20.9. The topological polar surface area (TPSA) is 76.1 Å². The summed E-state index contributed by atoms with van der Waals surface area (Å²) in [7, 11) is 0. The number of hydrogen-bond acceptors (Lipinski definition) is 6. The molecule has 1 saturated heterocycles. The zero-order valence-corrected chi connectivity index (χ0v) is 20.9. The van der Waals surface area contributed by atoms with E-state index in [4.69, 9.17) is 5.73 Å². The van der Waals surface area contributed by atoms with E-state index >= 15 is 0 Å². The Morgan fingerprint density at radius 3 is 2.17 bits per heavy atom. The van der Waals surface area contributed by atoms with Crippen molar-refractivity contribution in [3.8, 4) is 16.9 Å². The molecule has 6 rings (SSSR count). The number of nitrogens with two attached hydrogens (primary N) is 1. The third kappa shape index (κ3) is 4.65. The number of fused-ring (bicyclic) bond motifs is 1. The first-order valence-electron chi connectivity index (χ1n) is 12.4. The van der Waals surface area contributed by atoms with Gasteiger partial charge in [0.1, 0.15) is 17.5 Å². The molecule has 1 aliphatic heterocycles. The number of benzene rings is 3. The van der Waals surface area contributed by atoms with Crippen molar-refractivity contribution < 1.29 is 22.0 Å². The van der Waals surface area contributed by atoms with Gasteiger partial charge in [-0.2, -0.15) is 18.2 Å². The monoisotopic (exact) mass is 551 g/mol. The predicted molar refractivity (Wildman–Crippen MR) is 142 cm³/mol. The van der Waals surface area contributed by atoms with Crippen molar-refractivity contribution in [2.45, 2.75) is 6.18 Å². The number of halogens is 5. The van der Waals surface area contributed by atoms with Gasteiger partial charge >= 0.3 is 6.18 Å². The Kier molecular flexibility index (Phi) is 6.24. The summed E-state index contributed by atoms with van der Waals surface area (Å²) in [6.45, 7) is 1.63. The molecule has 0 spiro atoms.